The smallest absolute Gasteiger partial charge is 0.236 e. The van der Waals surface area contributed by atoms with Crippen LogP contribution in [0.1, 0.15) is 74.1 Å². The first-order valence-corrected chi connectivity index (χ1v) is 9.92. The number of likely N-dealkylation sites (tertiary alicyclic amines) is 2. The Bertz CT molecular complexity index is 366. The summed E-state index contributed by atoms with van der Waals surface area (Å²) < 4.78 is 0. The summed E-state index contributed by atoms with van der Waals surface area (Å²) in [4.78, 5) is 28.2. The van der Waals surface area contributed by atoms with E-state index in [4.69, 9.17) is 0 Å². The number of nitrogens with zero attached hydrogens (tertiary/aromatic N) is 2. The van der Waals surface area contributed by atoms with E-state index >= 15 is 0 Å². The lowest BCUT2D eigenvalue weighted by Gasteiger charge is -2.39. The molecule has 0 aromatic heterocycles. The van der Waals surface area contributed by atoms with Gasteiger partial charge in [-0.3, -0.25) is 14.5 Å². The number of hydrogen-bond acceptors (Lipinski definition) is 3. The van der Waals surface area contributed by atoms with Crippen LogP contribution in [0.3, 0.4) is 0 Å². The van der Waals surface area contributed by atoms with Gasteiger partial charge < -0.3 is 4.90 Å². The van der Waals surface area contributed by atoms with Crippen molar-refractivity contribution in [1.29, 1.82) is 0 Å². The van der Waals surface area contributed by atoms with Crippen LogP contribution in [-0.2, 0) is 9.59 Å². The second kappa shape index (κ2) is 11.6. The average molecular weight is 341 g/mol. The molecule has 4 nitrogen and oxygen atoms in total. The van der Waals surface area contributed by atoms with E-state index in [1.807, 2.05) is 39.5 Å². The third-order valence-electron chi connectivity index (χ3n) is 5.30. The molecular weight excluding hydrogens is 300 g/mol. The van der Waals surface area contributed by atoms with E-state index in [0.29, 0.717) is 6.54 Å². The maximum absolute atomic E-state index is 12.3. The number of rotatable bonds is 3. The Hall–Kier alpha value is -0.900. The maximum Gasteiger partial charge on any atom is 0.236 e. The van der Waals surface area contributed by atoms with Crippen molar-refractivity contribution in [2.24, 2.45) is 11.3 Å². The monoisotopic (exact) mass is 340 g/mol. The van der Waals surface area contributed by atoms with Gasteiger partial charge in [0, 0.05) is 18.5 Å². The molecule has 0 spiro atoms. The lowest BCUT2D eigenvalue weighted by Crippen LogP contribution is -2.48. The summed E-state index contributed by atoms with van der Waals surface area (Å²) in [5.41, 5.74) is -0.211. The van der Waals surface area contributed by atoms with Crippen molar-refractivity contribution in [3.05, 3.63) is 0 Å². The minimum Gasteiger partial charge on any atom is -0.342 e. The number of carbonyl (C=O) groups is 2. The van der Waals surface area contributed by atoms with Crippen molar-refractivity contribution < 1.29 is 9.59 Å². The topological polar surface area (TPSA) is 40.6 Å². The molecule has 4 heteroatoms. The van der Waals surface area contributed by atoms with Crippen LogP contribution in [0.25, 0.3) is 0 Å². The largest absolute Gasteiger partial charge is 0.342 e. The molecule has 142 valence electrons. The fourth-order valence-corrected chi connectivity index (χ4v) is 3.11. The number of carbonyl (C=O) groups excluding carboxylic acids is 2. The molecule has 2 aliphatic rings. The highest BCUT2D eigenvalue weighted by atomic mass is 16.2. The molecular formula is C20H40N2O2. The van der Waals surface area contributed by atoms with Gasteiger partial charge in [-0.1, -0.05) is 41.5 Å². The number of amides is 1. The molecule has 2 saturated heterocycles. The fraction of sp³-hybridized carbons (Fsp3) is 0.900. The number of Topliss-reactive ketones (excluding diaryl/α,β-unsaturated/α-hetero) is 1. The Morgan fingerprint density at radius 1 is 0.958 bits per heavy atom. The van der Waals surface area contributed by atoms with Gasteiger partial charge in [0.15, 0.2) is 0 Å². The number of ketones is 1. The van der Waals surface area contributed by atoms with Crippen molar-refractivity contribution in [3.8, 4) is 0 Å². The van der Waals surface area contributed by atoms with Crippen LogP contribution >= 0.6 is 0 Å². The highest BCUT2D eigenvalue weighted by Crippen LogP contribution is 2.31. The quantitative estimate of drug-likeness (QED) is 0.780. The summed E-state index contributed by atoms with van der Waals surface area (Å²) in [6.07, 6.45) is 4.03. The molecule has 0 radical (unpaired) electrons. The van der Waals surface area contributed by atoms with Gasteiger partial charge in [0.05, 0.1) is 6.54 Å². The van der Waals surface area contributed by atoms with Crippen molar-refractivity contribution in [3.63, 3.8) is 0 Å². The molecule has 2 rings (SSSR count). The predicted octanol–water partition coefficient (Wildman–Crippen LogP) is 3.99. The van der Waals surface area contributed by atoms with Gasteiger partial charge in [0.2, 0.25) is 5.91 Å². The van der Waals surface area contributed by atoms with Crippen LogP contribution in [0.5, 0.6) is 0 Å². The molecule has 0 N–H and O–H groups in total. The normalized spacial score (nSPS) is 21.0. The first kappa shape index (κ1) is 23.1. The lowest BCUT2D eigenvalue weighted by atomic mass is 9.77. The lowest BCUT2D eigenvalue weighted by molar-refractivity contribution is -0.138. The first-order chi connectivity index (χ1) is 11.4. The first-order valence-electron chi connectivity index (χ1n) is 9.92. The predicted molar refractivity (Wildman–Crippen MR) is 102 cm³/mol. The Balaban J connectivity index is 0.00000123. The summed E-state index contributed by atoms with van der Waals surface area (Å²) in [6.45, 7) is 18.1. The van der Waals surface area contributed by atoms with Crippen molar-refractivity contribution >= 4 is 11.7 Å². The molecule has 0 saturated carbocycles. The van der Waals surface area contributed by atoms with Crippen molar-refractivity contribution in [1.82, 2.24) is 9.80 Å². The van der Waals surface area contributed by atoms with Gasteiger partial charge in [0.1, 0.15) is 5.78 Å². The Kier molecular flexibility index (Phi) is 11.2. The van der Waals surface area contributed by atoms with Crippen LogP contribution in [0.2, 0.25) is 0 Å². The van der Waals surface area contributed by atoms with Gasteiger partial charge in [-0.05, 0) is 51.6 Å². The summed E-state index contributed by atoms with van der Waals surface area (Å²) in [7, 11) is 0. The minimum absolute atomic E-state index is 0.211. The Labute approximate surface area is 150 Å². The number of piperidine rings is 2. The summed E-state index contributed by atoms with van der Waals surface area (Å²) >= 11 is 0. The van der Waals surface area contributed by atoms with Gasteiger partial charge in [0.25, 0.3) is 0 Å². The summed E-state index contributed by atoms with van der Waals surface area (Å²) in [6, 6.07) is 0. The van der Waals surface area contributed by atoms with E-state index in [2.05, 4.69) is 11.8 Å². The molecule has 0 aliphatic carbocycles. The zero-order valence-electron chi connectivity index (χ0n) is 17.2. The van der Waals surface area contributed by atoms with E-state index in [9.17, 15) is 9.59 Å². The van der Waals surface area contributed by atoms with E-state index in [0.717, 1.165) is 44.9 Å². The second-order valence-electron chi connectivity index (χ2n) is 6.96. The molecule has 2 fully saturated rings. The highest BCUT2D eigenvalue weighted by Gasteiger charge is 2.35. The van der Waals surface area contributed by atoms with Crippen LogP contribution < -0.4 is 0 Å². The SMILES string of the molecule is CC.CC.CC(=O)C1(C)CCN(C(=O)CN2CCC(C)CC2)CC1. The highest BCUT2D eigenvalue weighted by molar-refractivity contribution is 5.83. The van der Waals surface area contributed by atoms with Gasteiger partial charge in [-0.2, -0.15) is 0 Å². The third-order valence-corrected chi connectivity index (χ3v) is 5.30. The van der Waals surface area contributed by atoms with Crippen LogP contribution in [0, 0.1) is 11.3 Å². The average Bonchev–Trinajstić information content (AvgIpc) is 2.61. The molecule has 0 aromatic rings. The third kappa shape index (κ3) is 6.92. The fourth-order valence-electron chi connectivity index (χ4n) is 3.11. The number of hydrogen-bond donors (Lipinski definition) is 0. The molecule has 1 amide bonds. The van der Waals surface area contributed by atoms with Crippen LogP contribution in [0.15, 0.2) is 0 Å². The standard InChI is InChI=1S/C16H28N2O2.2C2H6/c1-13-4-8-17(9-5-13)12-15(20)18-10-6-16(3,7-11-18)14(2)19;2*1-2/h13H,4-12H2,1-3H3;2*1-2H3. The van der Waals surface area contributed by atoms with E-state index in [1.165, 1.54) is 12.8 Å². The van der Waals surface area contributed by atoms with Crippen LogP contribution in [0.4, 0.5) is 0 Å². The van der Waals surface area contributed by atoms with Gasteiger partial charge in [-0.25, -0.2) is 0 Å². The molecule has 2 aliphatic heterocycles. The molecule has 0 unspecified atom stereocenters. The Morgan fingerprint density at radius 3 is 1.83 bits per heavy atom. The molecule has 0 bridgehead atoms. The summed E-state index contributed by atoms with van der Waals surface area (Å²) in [5, 5.41) is 0. The minimum atomic E-state index is -0.211. The molecule has 0 atom stereocenters. The van der Waals surface area contributed by atoms with Crippen molar-refractivity contribution in [2.45, 2.75) is 74.1 Å². The van der Waals surface area contributed by atoms with Gasteiger partial charge >= 0.3 is 0 Å². The second-order valence-corrected chi connectivity index (χ2v) is 6.96. The summed E-state index contributed by atoms with van der Waals surface area (Å²) in [5.74, 6) is 1.30. The van der Waals surface area contributed by atoms with Crippen LogP contribution in [-0.4, -0.2) is 54.2 Å². The van der Waals surface area contributed by atoms with E-state index < -0.39 is 0 Å². The van der Waals surface area contributed by atoms with E-state index in [1.54, 1.807) is 6.92 Å². The van der Waals surface area contributed by atoms with Crippen molar-refractivity contribution in [2.75, 3.05) is 32.7 Å². The zero-order valence-corrected chi connectivity index (χ0v) is 17.2. The maximum atomic E-state index is 12.3. The zero-order chi connectivity index (χ0) is 18.8. The molecule has 24 heavy (non-hydrogen) atoms. The van der Waals surface area contributed by atoms with Gasteiger partial charge in [-0.15, -0.1) is 0 Å². The Morgan fingerprint density at radius 2 is 1.42 bits per heavy atom. The van der Waals surface area contributed by atoms with E-state index in [-0.39, 0.29) is 17.1 Å². The molecule has 0 aromatic carbocycles. The molecule has 2 heterocycles.